The van der Waals surface area contributed by atoms with Gasteiger partial charge in [-0.05, 0) is 39.0 Å². The first-order valence-corrected chi connectivity index (χ1v) is 10.5. The number of carbonyl (C=O) groups excluding carboxylic acids is 2. The summed E-state index contributed by atoms with van der Waals surface area (Å²) in [6.07, 6.45) is 0. The molecule has 0 aliphatic rings. The van der Waals surface area contributed by atoms with Gasteiger partial charge in [0, 0.05) is 17.2 Å². The van der Waals surface area contributed by atoms with Gasteiger partial charge in [-0.15, -0.1) is 0 Å². The Morgan fingerprint density at radius 3 is 1.97 bits per heavy atom. The molecule has 0 aliphatic carbocycles. The van der Waals surface area contributed by atoms with Crippen LogP contribution >= 0.6 is 0 Å². The lowest BCUT2D eigenvalue weighted by molar-refractivity contribution is -0.119. The van der Waals surface area contributed by atoms with Crippen molar-refractivity contribution in [3.63, 3.8) is 0 Å². The van der Waals surface area contributed by atoms with Crippen LogP contribution in [0.3, 0.4) is 0 Å². The second kappa shape index (κ2) is 9.60. The molecule has 166 valence electrons. The lowest BCUT2D eigenvalue weighted by Gasteiger charge is -2.17. The summed E-state index contributed by atoms with van der Waals surface area (Å²) in [6, 6.07) is 15.7. The molecule has 0 fully saturated rings. The summed E-state index contributed by atoms with van der Waals surface area (Å²) >= 11 is 0. The maximum Gasteiger partial charge on any atom is 0.291 e. The van der Waals surface area contributed by atoms with E-state index < -0.39 is 11.6 Å². The van der Waals surface area contributed by atoms with E-state index in [0.29, 0.717) is 11.4 Å². The zero-order chi connectivity index (χ0) is 23.4. The van der Waals surface area contributed by atoms with E-state index in [0.717, 1.165) is 21.4 Å². The minimum Gasteiger partial charge on any atom is -0.324 e. The molecule has 0 radical (unpaired) electrons. The quantitative estimate of drug-likeness (QED) is 0.607. The number of rotatable bonds is 6. The lowest BCUT2D eigenvalue weighted by Crippen LogP contribution is -2.36. The van der Waals surface area contributed by atoms with Gasteiger partial charge in [0.05, 0.1) is 5.69 Å². The van der Waals surface area contributed by atoms with E-state index in [2.05, 4.69) is 15.7 Å². The predicted octanol–water partition coefficient (Wildman–Crippen LogP) is 4.32. The molecule has 2 N–H and O–H groups in total. The Hall–Kier alpha value is -3.74. The fourth-order valence-corrected chi connectivity index (χ4v) is 3.00. The summed E-state index contributed by atoms with van der Waals surface area (Å²) in [5.74, 6) is -0.974. The maximum absolute atomic E-state index is 13.1. The summed E-state index contributed by atoms with van der Waals surface area (Å²) in [7, 11) is 0. The van der Waals surface area contributed by atoms with Gasteiger partial charge in [0.1, 0.15) is 11.7 Å². The Morgan fingerprint density at radius 1 is 0.844 bits per heavy atom. The second-order valence-electron chi connectivity index (χ2n) is 8.23. The Morgan fingerprint density at radius 2 is 1.41 bits per heavy atom. The predicted molar refractivity (Wildman–Crippen MR) is 127 cm³/mol. The first-order valence-electron chi connectivity index (χ1n) is 10.5. The van der Waals surface area contributed by atoms with E-state index >= 15 is 0 Å². The van der Waals surface area contributed by atoms with Crippen molar-refractivity contribution in [3.8, 4) is 11.3 Å². The number of aromatic nitrogens is 2. The molecule has 2 amide bonds. The zero-order valence-electron chi connectivity index (χ0n) is 19.0. The van der Waals surface area contributed by atoms with Crippen molar-refractivity contribution in [2.24, 2.45) is 5.92 Å². The van der Waals surface area contributed by atoms with Crippen molar-refractivity contribution in [3.05, 3.63) is 76.1 Å². The van der Waals surface area contributed by atoms with Crippen LogP contribution in [-0.2, 0) is 9.59 Å². The van der Waals surface area contributed by atoms with Crippen molar-refractivity contribution in [1.82, 2.24) is 9.78 Å². The Bertz CT molecular complexity index is 1180. The van der Waals surface area contributed by atoms with Crippen LogP contribution in [0.2, 0.25) is 0 Å². The average Bonchev–Trinajstić information content (AvgIpc) is 2.76. The smallest absolute Gasteiger partial charge is 0.291 e. The number of hydrogen-bond acceptors (Lipinski definition) is 4. The van der Waals surface area contributed by atoms with Gasteiger partial charge >= 0.3 is 0 Å². The summed E-state index contributed by atoms with van der Waals surface area (Å²) < 4.78 is 1.12. The highest BCUT2D eigenvalue weighted by Crippen LogP contribution is 2.21. The SMILES string of the molecule is Cc1ccc(NC(=O)[C@@H](C)n2nc(-c3ccc(C)cc3)cc(NC(=O)C(C)C)c2=O)cc1. The van der Waals surface area contributed by atoms with Gasteiger partial charge in [0.2, 0.25) is 11.8 Å². The molecule has 0 spiro atoms. The fourth-order valence-electron chi connectivity index (χ4n) is 3.00. The molecule has 1 atom stereocenters. The monoisotopic (exact) mass is 432 g/mol. The summed E-state index contributed by atoms with van der Waals surface area (Å²) in [4.78, 5) is 38.3. The van der Waals surface area contributed by atoms with Crippen LogP contribution in [0.5, 0.6) is 0 Å². The number of carbonyl (C=O) groups is 2. The number of amides is 2. The average molecular weight is 433 g/mol. The summed E-state index contributed by atoms with van der Waals surface area (Å²) in [5, 5.41) is 9.94. The standard InChI is InChI=1S/C25H28N4O3/c1-15(2)23(30)27-22-14-21(19-10-6-16(3)7-11-19)28-29(25(22)32)18(5)24(31)26-20-12-8-17(4)9-13-20/h6-15,18H,1-5H3,(H,26,31)(H,27,30)/t18-/m1/s1. The topological polar surface area (TPSA) is 93.1 Å². The Labute approximate surface area is 187 Å². The van der Waals surface area contributed by atoms with E-state index in [4.69, 9.17) is 0 Å². The minimum absolute atomic E-state index is 0.0873. The first kappa shape index (κ1) is 22.9. The summed E-state index contributed by atoms with van der Waals surface area (Å²) in [6.45, 7) is 9.03. The third-order valence-corrected chi connectivity index (χ3v) is 5.13. The zero-order valence-corrected chi connectivity index (χ0v) is 19.0. The second-order valence-corrected chi connectivity index (χ2v) is 8.23. The highest BCUT2D eigenvalue weighted by atomic mass is 16.2. The number of benzene rings is 2. The van der Waals surface area contributed by atoms with Crippen LogP contribution < -0.4 is 16.2 Å². The molecular weight excluding hydrogens is 404 g/mol. The number of hydrogen-bond donors (Lipinski definition) is 2. The molecule has 0 aliphatic heterocycles. The molecule has 0 bridgehead atoms. The van der Waals surface area contributed by atoms with Gasteiger partial charge in [-0.1, -0.05) is 61.4 Å². The van der Waals surface area contributed by atoms with E-state index in [-0.39, 0.29) is 23.4 Å². The third-order valence-electron chi connectivity index (χ3n) is 5.13. The molecule has 1 heterocycles. The molecule has 3 rings (SSSR count). The molecule has 0 saturated heterocycles. The van der Waals surface area contributed by atoms with Crippen LogP contribution in [0, 0.1) is 19.8 Å². The molecule has 2 aromatic carbocycles. The van der Waals surface area contributed by atoms with E-state index in [1.807, 2.05) is 50.2 Å². The van der Waals surface area contributed by atoms with Crippen LogP contribution in [0.15, 0.2) is 59.4 Å². The minimum atomic E-state index is -0.899. The van der Waals surface area contributed by atoms with E-state index in [9.17, 15) is 14.4 Å². The number of nitrogens with zero attached hydrogens (tertiary/aromatic N) is 2. The van der Waals surface area contributed by atoms with Crippen LogP contribution in [0.1, 0.15) is 37.9 Å². The maximum atomic E-state index is 13.1. The van der Waals surface area contributed by atoms with Gasteiger partial charge in [0.15, 0.2) is 0 Å². The van der Waals surface area contributed by atoms with Gasteiger partial charge in [-0.3, -0.25) is 14.4 Å². The Kier molecular flexibility index (Phi) is 6.88. The molecule has 7 heteroatoms. The highest BCUT2D eigenvalue weighted by Gasteiger charge is 2.22. The molecule has 0 saturated carbocycles. The van der Waals surface area contributed by atoms with E-state index in [1.54, 1.807) is 39.0 Å². The van der Waals surface area contributed by atoms with Crippen molar-refractivity contribution in [1.29, 1.82) is 0 Å². The van der Waals surface area contributed by atoms with Crippen LogP contribution in [0.4, 0.5) is 11.4 Å². The van der Waals surface area contributed by atoms with Gasteiger partial charge < -0.3 is 10.6 Å². The van der Waals surface area contributed by atoms with Crippen LogP contribution in [0.25, 0.3) is 11.3 Å². The normalized spacial score (nSPS) is 11.8. The third kappa shape index (κ3) is 5.29. The number of aryl methyl sites for hydroxylation is 2. The van der Waals surface area contributed by atoms with Crippen LogP contribution in [-0.4, -0.2) is 21.6 Å². The molecular formula is C25H28N4O3. The highest BCUT2D eigenvalue weighted by molar-refractivity contribution is 5.94. The number of anilines is 2. The molecule has 0 unspecified atom stereocenters. The lowest BCUT2D eigenvalue weighted by atomic mass is 10.1. The van der Waals surface area contributed by atoms with Crippen molar-refractivity contribution >= 4 is 23.2 Å². The van der Waals surface area contributed by atoms with Crippen molar-refractivity contribution in [2.45, 2.75) is 40.7 Å². The fraction of sp³-hybridized carbons (Fsp3) is 0.280. The van der Waals surface area contributed by atoms with Gasteiger partial charge in [-0.2, -0.15) is 5.10 Å². The van der Waals surface area contributed by atoms with Gasteiger partial charge in [0.25, 0.3) is 5.56 Å². The first-order chi connectivity index (χ1) is 15.2. The summed E-state index contributed by atoms with van der Waals surface area (Å²) in [5.41, 5.74) is 3.59. The van der Waals surface area contributed by atoms with E-state index in [1.165, 1.54) is 0 Å². The van der Waals surface area contributed by atoms with Gasteiger partial charge in [-0.25, -0.2) is 4.68 Å². The molecule has 1 aromatic heterocycles. The molecule has 3 aromatic rings. The molecule has 7 nitrogen and oxygen atoms in total. The Balaban J connectivity index is 2.01. The molecule has 32 heavy (non-hydrogen) atoms. The van der Waals surface area contributed by atoms with Crippen molar-refractivity contribution in [2.75, 3.05) is 10.6 Å². The largest absolute Gasteiger partial charge is 0.324 e. The number of nitrogens with one attached hydrogen (secondary N) is 2. The van der Waals surface area contributed by atoms with Crippen molar-refractivity contribution < 1.29 is 9.59 Å².